The molecule has 0 saturated carbocycles. The van der Waals surface area contributed by atoms with Crippen LogP contribution in [0.2, 0.25) is 0 Å². The first-order chi connectivity index (χ1) is 9.58. The molecule has 0 spiro atoms. The normalized spacial score (nSPS) is 13.8. The number of ketones is 1. The summed E-state index contributed by atoms with van der Waals surface area (Å²) in [5.74, 6) is -1.42. The second-order valence-electron chi connectivity index (χ2n) is 4.81. The number of hydrogen-bond acceptors (Lipinski definition) is 2. The zero-order valence-corrected chi connectivity index (χ0v) is 10.9. The van der Waals surface area contributed by atoms with Crippen LogP contribution in [0.25, 0.3) is 0 Å². The number of fused-ring (bicyclic) bond motifs is 1. The highest BCUT2D eigenvalue weighted by molar-refractivity contribution is 6.52. The molecule has 1 heterocycles. The topological polar surface area (TPSA) is 37.4 Å². The Labute approximate surface area is 115 Å². The number of halogens is 1. The fourth-order valence-electron chi connectivity index (χ4n) is 2.39. The van der Waals surface area contributed by atoms with Gasteiger partial charge in [0.15, 0.2) is 0 Å². The predicted molar refractivity (Wildman–Crippen MR) is 73.1 cm³/mol. The molecule has 0 N–H and O–H groups in total. The molecule has 3 nitrogen and oxygen atoms in total. The summed E-state index contributed by atoms with van der Waals surface area (Å²) in [6.07, 6.45) is 0. The number of Topliss-reactive ketones (excluding diaryl/α,β-unsaturated/α-hetero) is 1. The van der Waals surface area contributed by atoms with Gasteiger partial charge in [-0.2, -0.15) is 0 Å². The first-order valence-corrected chi connectivity index (χ1v) is 6.28. The lowest BCUT2D eigenvalue weighted by Crippen LogP contribution is -2.29. The summed E-state index contributed by atoms with van der Waals surface area (Å²) in [5.41, 5.74) is 2.58. The summed E-state index contributed by atoms with van der Waals surface area (Å²) < 4.78 is 13.3. The van der Waals surface area contributed by atoms with Crippen LogP contribution < -0.4 is 4.90 Å². The number of aryl methyl sites for hydroxylation is 1. The first kappa shape index (κ1) is 12.5. The van der Waals surface area contributed by atoms with E-state index in [-0.39, 0.29) is 12.4 Å². The Morgan fingerprint density at radius 2 is 1.85 bits per heavy atom. The molecule has 0 fully saturated rings. The molecule has 0 atom stereocenters. The van der Waals surface area contributed by atoms with Crippen LogP contribution in [0.1, 0.15) is 21.5 Å². The van der Waals surface area contributed by atoms with Crippen molar-refractivity contribution in [2.24, 2.45) is 0 Å². The SMILES string of the molecule is Cc1ccc(F)cc1CN1C(=O)C(=O)c2ccccc21. The minimum absolute atomic E-state index is 0.200. The molecule has 0 aliphatic carbocycles. The smallest absolute Gasteiger partial charge is 0.299 e. The van der Waals surface area contributed by atoms with E-state index in [1.54, 1.807) is 30.3 Å². The maximum absolute atomic E-state index is 13.3. The molecule has 0 bridgehead atoms. The van der Waals surface area contributed by atoms with Crippen molar-refractivity contribution in [1.29, 1.82) is 0 Å². The van der Waals surface area contributed by atoms with Crippen LogP contribution in [0.15, 0.2) is 42.5 Å². The van der Waals surface area contributed by atoms with E-state index in [4.69, 9.17) is 0 Å². The van der Waals surface area contributed by atoms with Gasteiger partial charge < -0.3 is 4.90 Å². The van der Waals surface area contributed by atoms with Crippen molar-refractivity contribution in [2.75, 3.05) is 4.90 Å². The minimum Gasteiger partial charge on any atom is -0.300 e. The van der Waals surface area contributed by atoms with Gasteiger partial charge in [0.1, 0.15) is 5.82 Å². The molecule has 1 aliphatic rings. The lowest BCUT2D eigenvalue weighted by Gasteiger charge is -2.17. The van der Waals surface area contributed by atoms with E-state index in [1.165, 1.54) is 17.0 Å². The highest BCUT2D eigenvalue weighted by Gasteiger charge is 2.35. The van der Waals surface area contributed by atoms with Crippen LogP contribution in [0, 0.1) is 12.7 Å². The van der Waals surface area contributed by atoms with Crippen molar-refractivity contribution in [3.05, 3.63) is 65.0 Å². The van der Waals surface area contributed by atoms with E-state index in [0.717, 1.165) is 5.56 Å². The van der Waals surface area contributed by atoms with E-state index in [9.17, 15) is 14.0 Å². The fourth-order valence-corrected chi connectivity index (χ4v) is 2.39. The van der Waals surface area contributed by atoms with Crippen LogP contribution in [-0.4, -0.2) is 11.7 Å². The van der Waals surface area contributed by atoms with Crippen LogP contribution in [-0.2, 0) is 11.3 Å². The van der Waals surface area contributed by atoms with Crippen LogP contribution in [0.4, 0.5) is 10.1 Å². The van der Waals surface area contributed by atoms with Gasteiger partial charge in [0, 0.05) is 0 Å². The van der Waals surface area contributed by atoms with Gasteiger partial charge in [0.05, 0.1) is 17.8 Å². The van der Waals surface area contributed by atoms with Crippen LogP contribution in [0.5, 0.6) is 0 Å². The van der Waals surface area contributed by atoms with Crippen molar-refractivity contribution in [1.82, 2.24) is 0 Å². The molecular weight excluding hydrogens is 257 g/mol. The molecule has 0 aromatic heterocycles. The van der Waals surface area contributed by atoms with Gasteiger partial charge in [-0.15, -0.1) is 0 Å². The van der Waals surface area contributed by atoms with Crippen molar-refractivity contribution < 1.29 is 14.0 Å². The third kappa shape index (κ3) is 1.90. The minimum atomic E-state index is -0.560. The molecular formula is C16H12FNO2. The third-order valence-corrected chi connectivity index (χ3v) is 3.52. The highest BCUT2D eigenvalue weighted by Crippen LogP contribution is 2.30. The quantitative estimate of drug-likeness (QED) is 0.786. The molecule has 0 unspecified atom stereocenters. The van der Waals surface area contributed by atoms with Crippen LogP contribution in [0.3, 0.4) is 0 Å². The van der Waals surface area contributed by atoms with Crippen molar-refractivity contribution >= 4 is 17.4 Å². The van der Waals surface area contributed by atoms with E-state index < -0.39 is 11.7 Å². The van der Waals surface area contributed by atoms with Gasteiger partial charge in [0.2, 0.25) is 0 Å². The second kappa shape index (κ2) is 4.56. The summed E-state index contributed by atoms with van der Waals surface area (Å²) >= 11 is 0. The average Bonchev–Trinajstić information content (AvgIpc) is 2.68. The average molecular weight is 269 g/mol. The number of rotatable bonds is 2. The summed E-state index contributed by atoms with van der Waals surface area (Å²) in [4.78, 5) is 25.3. The Morgan fingerprint density at radius 3 is 2.65 bits per heavy atom. The van der Waals surface area contributed by atoms with Crippen molar-refractivity contribution in [2.45, 2.75) is 13.5 Å². The molecule has 1 amide bonds. The lowest BCUT2D eigenvalue weighted by atomic mass is 10.1. The molecule has 20 heavy (non-hydrogen) atoms. The van der Waals surface area contributed by atoms with E-state index >= 15 is 0 Å². The summed E-state index contributed by atoms with van der Waals surface area (Å²) in [5, 5.41) is 0. The highest BCUT2D eigenvalue weighted by atomic mass is 19.1. The third-order valence-electron chi connectivity index (χ3n) is 3.52. The molecule has 3 rings (SSSR count). The lowest BCUT2D eigenvalue weighted by molar-refractivity contribution is -0.114. The Kier molecular flexibility index (Phi) is 2.86. The number of nitrogens with zero attached hydrogens (tertiary/aromatic N) is 1. The molecule has 0 saturated heterocycles. The standard InChI is InChI=1S/C16H12FNO2/c1-10-6-7-12(17)8-11(10)9-18-14-5-3-2-4-13(14)15(19)16(18)20/h2-8H,9H2,1H3. The maximum Gasteiger partial charge on any atom is 0.299 e. The zero-order valence-electron chi connectivity index (χ0n) is 10.9. The molecule has 1 aliphatic heterocycles. The van der Waals surface area contributed by atoms with Gasteiger partial charge in [0.25, 0.3) is 11.7 Å². The molecule has 4 heteroatoms. The maximum atomic E-state index is 13.3. The fraction of sp³-hybridized carbons (Fsp3) is 0.125. The van der Waals surface area contributed by atoms with Crippen LogP contribution >= 0.6 is 0 Å². The van der Waals surface area contributed by atoms with E-state index in [1.807, 2.05) is 6.92 Å². The number of anilines is 1. The Hall–Kier alpha value is -2.49. The number of hydrogen-bond donors (Lipinski definition) is 0. The molecule has 2 aromatic rings. The Bertz CT molecular complexity index is 724. The first-order valence-electron chi connectivity index (χ1n) is 6.28. The molecule has 2 aromatic carbocycles. The Balaban J connectivity index is 2.01. The van der Waals surface area contributed by atoms with E-state index in [0.29, 0.717) is 16.8 Å². The number of carbonyl (C=O) groups excluding carboxylic acids is 2. The number of para-hydroxylation sites is 1. The van der Waals surface area contributed by atoms with Gasteiger partial charge in [-0.25, -0.2) is 4.39 Å². The van der Waals surface area contributed by atoms with Gasteiger partial charge in [-0.05, 0) is 42.3 Å². The largest absolute Gasteiger partial charge is 0.300 e. The predicted octanol–water partition coefficient (Wildman–Crippen LogP) is 2.86. The molecule has 0 radical (unpaired) electrons. The monoisotopic (exact) mass is 269 g/mol. The zero-order chi connectivity index (χ0) is 14.3. The number of benzene rings is 2. The summed E-state index contributed by atoms with van der Waals surface area (Å²) in [6, 6.07) is 11.3. The van der Waals surface area contributed by atoms with Crippen molar-refractivity contribution in [3.63, 3.8) is 0 Å². The molecule has 100 valence electrons. The number of carbonyl (C=O) groups is 2. The van der Waals surface area contributed by atoms with Gasteiger partial charge in [-0.3, -0.25) is 9.59 Å². The Morgan fingerprint density at radius 1 is 1.10 bits per heavy atom. The summed E-state index contributed by atoms with van der Waals surface area (Å²) in [7, 11) is 0. The summed E-state index contributed by atoms with van der Waals surface area (Å²) in [6.45, 7) is 2.05. The van der Waals surface area contributed by atoms with Crippen molar-refractivity contribution in [3.8, 4) is 0 Å². The number of amides is 1. The van der Waals surface area contributed by atoms with Gasteiger partial charge >= 0.3 is 0 Å². The van der Waals surface area contributed by atoms with Gasteiger partial charge in [-0.1, -0.05) is 18.2 Å². The van der Waals surface area contributed by atoms with E-state index in [2.05, 4.69) is 0 Å². The second-order valence-corrected chi connectivity index (χ2v) is 4.81.